The van der Waals surface area contributed by atoms with E-state index in [4.69, 9.17) is 4.74 Å². The van der Waals surface area contributed by atoms with Crippen LogP contribution >= 0.6 is 0 Å². The third-order valence-corrected chi connectivity index (χ3v) is 4.25. The number of ether oxygens (including phenoxy) is 1. The Labute approximate surface area is 103 Å². The fourth-order valence-electron chi connectivity index (χ4n) is 2.93. The van der Waals surface area contributed by atoms with Crippen LogP contribution in [0.4, 0.5) is 0 Å². The molecule has 17 heavy (non-hydrogen) atoms. The number of carbonyl (C=O) groups is 1. The van der Waals surface area contributed by atoms with Crippen LogP contribution in [0, 0.1) is 5.41 Å². The van der Waals surface area contributed by atoms with Crippen molar-refractivity contribution in [2.45, 2.75) is 45.1 Å². The second kappa shape index (κ2) is 5.36. The van der Waals surface area contributed by atoms with Gasteiger partial charge in [0.15, 0.2) is 0 Å². The second-order valence-electron chi connectivity index (χ2n) is 5.56. The van der Waals surface area contributed by atoms with E-state index in [1.165, 1.54) is 25.7 Å². The number of carboxylic acid groups (broad SMARTS) is 1. The van der Waals surface area contributed by atoms with E-state index in [1.54, 1.807) is 0 Å². The maximum atomic E-state index is 11.5. The average Bonchev–Trinajstić information content (AvgIpc) is 2.68. The lowest BCUT2D eigenvalue weighted by Crippen LogP contribution is -2.46. The predicted molar refractivity (Wildman–Crippen MR) is 65.0 cm³/mol. The van der Waals surface area contributed by atoms with Crippen molar-refractivity contribution in [1.29, 1.82) is 0 Å². The van der Waals surface area contributed by atoms with Gasteiger partial charge in [-0.25, -0.2) is 0 Å². The van der Waals surface area contributed by atoms with E-state index in [2.05, 4.69) is 11.8 Å². The largest absolute Gasteiger partial charge is 0.481 e. The Bertz CT molecular complexity index is 274. The van der Waals surface area contributed by atoms with Gasteiger partial charge < -0.3 is 9.84 Å². The van der Waals surface area contributed by atoms with Crippen LogP contribution < -0.4 is 0 Å². The molecule has 2 unspecified atom stereocenters. The van der Waals surface area contributed by atoms with Gasteiger partial charge in [-0.05, 0) is 32.7 Å². The van der Waals surface area contributed by atoms with Crippen molar-refractivity contribution < 1.29 is 14.6 Å². The molecular weight excluding hydrogens is 218 g/mol. The number of likely N-dealkylation sites (tertiary alicyclic amines) is 1. The minimum absolute atomic E-state index is 0.381. The van der Waals surface area contributed by atoms with Crippen molar-refractivity contribution in [1.82, 2.24) is 4.90 Å². The highest BCUT2D eigenvalue weighted by atomic mass is 16.5. The first-order chi connectivity index (χ1) is 8.14. The zero-order valence-corrected chi connectivity index (χ0v) is 10.7. The molecule has 4 nitrogen and oxygen atoms in total. The van der Waals surface area contributed by atoms with Crippen molar-refractivity contribution in [3.8, 4) is 0 Å². The van der Waals surface area contributed by atoms with Gasteiger partial charge in [-0.2, -0.15) is 0 Å². The number of hydrogen-bond acceptors (Lipinski definition) is 3. The lowest BCUT2D eigenvalue weighted by molar-refractivity contribution is -0.150. The molecule has 98 valence electrons. The predicted octanol–water partition coefficient (Wildman–Crippen LogP) is 1.74. The van der Waals surface area contributed by atoms with Gasteiger partial charge in [0.05, 0.1) is 6.61 Å². The molecule has 0 saturated carbocycles. The van der Waals surface area contributed by atoms with E-state index in [1.807, 2.05) is 0 Å². The molecule has 0 amide bonds. The van der Waals surface area contributed by atoms with Crippen molar-refractivity contribution in [3.05, 3.63) is 0 Å². The van der Waals surface area contributed by atoms with E-state index in [0.717, 1.165) is 6.54 Å². The van der Waals surface area contributed by atoms with Gasteiger partial charge in [0.25, 0.3) is 0 Å². The van der Waals surface area contributed by atoms with Crippen LogP contribution in [0.25, 0.3) is 0 Å². The molecule has 0 aliphatic carbocycles. The second-order valence-corrected chi connectivity index (χ2v) is 5.56. The summed E-state index contributed by atoms with van der Waals surface area (Å²) >= 11 is 0. The summed E-state index contributed by atoms with van der Waals surface area (Å²) in [6.45, 7) is 4.89. The first kappa shape index (κ1) is 12.8. The summed E-state index contributed by atoms with van der Waals surface area (Å²) in [4.78, 5) is 13.8. The van der Waals surface area contributed by atoms with Gasteiger partial charge in [0.2, 0.25) is 0 Å². The van der Waals surface area contributed by atoms with Gasteiger partial charge in [0, 0.05) is 19.2 Å². The van der Waals surface area contributed by atoms with Gasteiger partial charge in [0.1, 0.15) is 5.41 Å². The summed E-state index contributed by atoms with van der Waals surface area (Å²) in [6.07, 6.45) is 5.59. The summed E-state index contributed by atoms with van der Waals surface area (Å²) < 4.78 is 5.32. The van der Waals surface area contributed by atoms with Gasteiger partial charge >= 0.3 is 5.97 Å². The van der Waals surface area contributed by atoms with Crippen molar-refractivity contribution in [3.63, 3.8) is 0 Å². The van der Waals surface area contributed by atoms with Crippen LogP contribution in [-0.2, 0) is 9.53 Å². The monoisotopic (exact) mass is 241 g/mol. The summed E-state index contributed by atoms with van der Waals surface area (Å²) in [6, 6.07) is 0.509. The minimum Gasteiger partial charge on any atom is -0.481 e. The van der Waals surface area contributed by atoms with Gasteiger partial charge in [-0.3, -0.25) is 9.69 Å². The Kier molecular flexibility index (Phi) is 4.05. The van der Waals surface area contributed by atoms with Crippen LogP contribution in [0.1, 0.15) is 39.0 Å². The summed E-state index contributed by atoms with van der Waals surface area (Å²) in [7, 11) is 0. The molecule has 0 aromatic carbocycles. The van der Waals surface area contributed by atoms with Crippen molar-refractivity contribution in [2.24, 2.45) is 5.41 Å². The molecule has 2 aliphatic heterocycles. The number of rotatable bonds is 3. The average molecular weight is 241 g/mol. The zero-order chi connectivity index (χ0) is 12.3. The normalized spacial score (nSPS) is 35.7. The minimum atomic E-state index is -0.688. The molecule has 0 aromatic rings. The first-order valence-electron chi connectivity index (χ1n) is 6.69. The van der Waals surface area contributed by atoms with Crippen LogP contribution in [-0.4, -0.2) is 48.3 Å². The lowest BCUT2D eigenvalue weighted by atomic mass is 9.86. The van der Waals surface area contributed by atoms with E-state index >= 15 is 0 Å². The molecule has 0 spiro atoms. The fourth-order valence-corrected chi connectivity index (χ4v) is 2.93. The Morgan fingerprint density at radius 2 is 2.29 bits per heavy atom. The van der Waals surface area contributed by atoms with Gasteiger partial charge in [-0.15, -0.1) is 0 Å². The van der Waals surface area contributed by atoms with E-state index in [9.17, 15) is 9.90 Å². The number of aliphatic carboxylic acids is 1. The third kappa shape index (κ3) is 2.80. The summed E-state index contributed by atoms with van der Waals surface area (Å²) in [5, 5.41) is 9.44. The molecule has 2 fully saturated rings. The maximum Gasteiger partial charge on any atom is 0.313 e. The van der Waals surface area contributed by atoms with Crippen LogP contribution in [0.5, 0.6) is 0 Å². The molecule has 0 radical (unpaired) electrons. The van der Waals surface area contributed by atoms with E-state index in [0.29, 0.717) is 32.2 Å². The third-order valence-electron chi connectivity index (χ3n) is 4.25. The molecular formula is C13H23NO3. The molecule has 4 heteroatoms. The summed E-state index contributed by atoms with van der Waals surface area (Å²) in [5.41, 5.74) is -0.654. The Balaban J connectivity index is 2.03. The molecule has 2 rings (SSSR count). The molecule has 0 aromatic heterocycles. The zero-order valence-electron chi connectivity index (χ0n) is 10.7. The van der Waals surface area contributed by atoms with Crippen molar-refractivity contribution >= 4 is 5.97 Å². The molecule has 2 atom stereocenters. The smallest absolute Gasteiger partial charge is 0.313 e. The first-order valence-corrected chi connectivity index (χ1v) is 6.69. The Hall–Kier alpha value is -0.610. The molecule has 2 aliphatic rings. The maximum absolute atomic E-state index is 11.5. The quantitative estimate of drug-likeness (QED) is 0.817. The Morgan fingerprint density at radius 1 is 1.47 bits per heavy atom. The highest BCUT2D eigenvalue weighted by molar-refractivity contribution is 5.75. The van der Waals surface area contributed by atoms with Crippen LogP contribution in [0.2, 0.25) is 0 Å². The summed E-state index contributed by atoms with van der Waals surface area (Å²) in [5.74, 6) is -0.688. The van der Waals surface area contributed by atoms with Crippen LogP contribution in [0.15, 0.2) is 0 Å². The molecule has 0 bridgehead atoms. The SMILES string of the molecule is CC1CCCCCN1CC1(C(=O)O)CCOC1. The molecule has 1 N–H and O–H groups in total. The standard InChI is InChI=1S/C13H23NO3/c1-11-5-3-2-4-7-14(11)9-13(12(15)16)6-8-17-10-13/h11H,2-10H2,1H3,(H,15,16). The highest BCUT2D eigenvalue weighted by Crippen LogP contribution is 2.32. The van der Waals surface area contributed by atoms with E-state index < -0.39 is 11.4 Å². The van der Waals surface area contributed by atoms with Crippen molar-refractivity contribution in [2.75, 3.05) is 26.3 Å². The van der Waals surface area contributed by atoms with E-state index in [-0.39, 0.29) is 0 Å². The number of nitrogens with zero attached hydrogens (tertiary/aromatic N) is 1. The number of carboxylic acids is 1. The van der Waals surface area contributed by atoms with Crippen LogP contribution in [0.3, 0.4) is 0 Å². The fraction of sp³-hybridized carbons (Fsp3) is 0.923. The topological polar surface area (TPSA) is 49.8 Å². The number of hydrogen-bond donors (Lipinski definition) is 1. The molecule has 2 heterocycles. The lowest BCUT2D eigenvalue weighted by Gasteiger charge is -2.34. The Morgan fingerprint density at radius 3 is 2.94 bits per heavy atom. The van der Waals surface area contributed by atoms with Gasteiger partial charge in [-0.1, -0.05) is 12.8 Å². The molecule has 2 saturated heterocycles. The highest BCUT2D eigenvalue weighted by Gasteiger charge is 2.44.